The molecule has 0 aliphatic carbocycles. The zero-order chi connectivity index (χ0) is 15.9. The molecule has 0 unspecified atom stereocenters. The third-order valence-electron chi connectivity index (χ3n) is 4.21. The maximum absolute atomic E-state index is 11.4. The average molecular weight is 293 g/mol. The van der Waals surface area contributed by atoms with Crippen LogP contribution in [-0.2, 0) is 4.79 Å². The summed E-state index contributed by atoms with van der Waals surface area (Å²) >= 11 is 0. The number of carbonyl (C=O) groups is 1. The lowest BCUT2D eigenvalue weighted by atomic mass is 9.78. The van der Waals surface area contributed by atoms with Crippen LogP contribution >= 0.6 is 0 Å². The molecule has 0 aliphatic rings. The van der Waals surface area contributed by atoms with Gasteiger partial charge in [-0.3, -0.25) is 4.79 Å². The fourth-order valence-corrected chi connectivity index (χ4v) is 2.46. The standard InChI is InChI=1S/C17H27NO3/c1-5-17(6-2,16(19)20)11-8-12-21-15-10-7-9-14(13-15)18(3)4/h7,9-10,13H,5-6,8,11-12H2,1-4H3,(H,19,20). The topological polar surface area (TPSA) is 49.8 Å². The summed E-state index contributed by atoms with van der Waals surface area (Å²) < 4.78 is 5.74. The number of aliphatic carboxylic acids is 1. The van der Waals surface area contributed by atoms with Gasteiger partial charge in [-0.1, -0.05) is 19.9 Å². The summed E-state index contributed by atoms with van der Waals surface area (Å²) in [5.41, 5.74) is 0.490. The van der Waals surface area contributed by atoms with Gasteiger partial charge < -0.3 is 14.7 Å². The van der Waals surface area contributed by atoms with Crippen LogP contribution in [0.25, 0.3) is 0 Å². The van der Waals surface area contributed by atoms with Gasteiger partial charge in [-0.05, 0) is 37.8 Å². The smallest absolute Gasteiger partial charge is 0.309 e. The first kappa shape index (κ1) is 17.3. The van der Waals surface area contributed by atoms with Crippen molar-refractivity contribution in [2.45, 2.75) is 39.5 Å². The van der Waals surface area contributed by atoms with Crippen molar-refractivity contribution >= 4 is 11.7 Å². The van der Waals surface area contributed by atoms with Gasteiger partial charge >= 0.3 is 5.97 Å². The van der Waals surface area contributed by atoms with Crippen molar-refractivity contribution in [3.8, 4) is 5.75 Å². The summed E-state index contributed by atoms with van der Waals surface area (Å²) in [5, 5.41) is 9.39. The van der Waals surface area contributed by atoms with E-state index in [9.17, 15) is 9.90 Å². The van der Waals surface area contributed by atoms with E-state index >= 15 is 0 Å². The van der Waals surface area contributed by atoms with Gasteiger partial charge in [0.2, 0.25) is 0 Å². The fourth-order valence-electron chi connectivity index (χ4n) is 2.46. The van der Waals surface area contributed by atoms with E-state index in [0.29, 0.717) is 25.9 Å². The van der Waals surface area contributed by atoms with E-state index in [4.69, 9.17) is 4.74 Å². The number of benzene rings is 1. The summed E-state index contributed by atoms with van der Waals surface area (Å²) in [4.78, 5) is 13.4. The van der Waals surface area contributed by atoms with Crippen LogP contribution < -0.4 is 9.64 Å². The van der Waals surface area contributed by atoms with Crippen LogP contribution in [0.1, 0.15) is 39.5 Å². The molecule has 0 saturated carbocycles. The zero-order valence-electron chi connectivity index (χ0n) is 13.6. The SMILES string of the molecule is CCC(CC)(CCCOc1cccc(N(C)C)c1)C(=O)O. The quantitative estimate of drug-likeness (QED) is 0.704. The van der Waals surface area contributed by atoms with E-state index in [2.05, 4.69) is 0 Å². The van der Waals surface area contributed by atoms with Crippen molar-refractivity contribution in [2.24, 2.45) is 5.41 Å². The maximum atomic E-state index is 11.4. The monoisotopic (exact) mass is 293 g/mol. The predicted molar refractivity (Wildman–Crippen MR) is 86.1 cm³/mol. The predicted octanol–water partition coefficient (Wildman–Crippen LogP) is 3.80. The lowest BCUT2D eigenvalue weighted by Gasteiger charge is -2.26. The average Bonchev–Trinajstić information content (AvgIpc) is 2.48. The molecule has 4 nitrogen and oxygen atoms in total. The normalized spacial score (nSPS) is 11.2. The van der Waals surface area contributed by atoms with Gasteiger partial charge in [-0.2, -0.15) is 0 Å². The van der Waals surface area contributed by atoms with E-state index in [0.717, 1.165) is 17.9 Å². The molecule has 1 aromatic rings. The van der Waals surface area contributed by atoms with Crippen LogP contribution in [-0.4, -0.2) is 31.8 Å². The fraction of sp³-hybridized carbons (Fsp3) is 0.588. The summed E-state index contributed by atoms with van der Waals surface area (Å²) in [6.45, 7) is 4.43. The Morgan fingerprint density at radius 1 is 1.29 bits per heavy atom. The molecule has 1 rings (SSSR count). The zero-order valence-corrected chi connectivity index (χ0v) is 13.6. The number of rotatable bonds is 9. The van der Waals surface area contributed by atoms with E-state index in [1.807, 2.05) is 57.1 Å². The van der Waals surface area contributed by atoms with Crippen molar-refractivity contribution in [1.82, 2.24) is 0 Å². The molecule has 0 fully saturated rings. The molecule has 0 atom stereocenters. The third-order valence-corrected chi connectivity index (χ3v) is 4.21. The van der Waals surface area contributed by atoms with Gasteiger partial charge in [-0.15, -0.1) is 0 Å². The minimum absolute atomic E-state index is 0.548. The van der Waals surface area contributed by atoms with Gasteiger partial charge in [0.1, 0.15) is 5.75 Å². The number of ether oxygens (including phenoxy) is 1. The molecule has 118 valence electrons. The molecular weight excluding hydrogens is 266 g/mol. The first-order valence-electron chi connectivity index (χ1n) is 7.58. The molecule has 21 heavy (non-hydrogen) atoms. The summed E-state index contributed by atoms with van der Waals surface area (Å²) in [5.74, 6) is 0.136. The van der Waals surface area contributed by atoms with E-state index < -0.39 is 11.4 Å². The number of anilines is 1. The Kier molecular flexibility index (Phi) is 6.53. The minimum atomic E-state index is -0.692. The maximum Gasteiger partial charge on any atom is 0.309 e. The Morgan fingerprint density at radius 2 is 1.95 bits per heavy atom. The number of nitrogens with zero attached hydrogens (tertiary/aromatic N) is 1. The number of carboxylic acid groups (broad SMARTS) is 1. The van der Waals surface area contributed by atoms with Crippen molar-refractivity contribution in [2.75, 3.05) is 25.6 Å². The highest BCUT2D eigenvalue weighted by Gasteiger charge is 2.33. The van der Waals surface area contributed by atoms with E-state index in [-0.39, 0.29) is 0 Å². The largest absolute Gasteiger partial charge is 0.494 e. The summed E-state index contributed by atoms with van der Waals surface area (Å²) in [7, 11) is 3.98. The number of hydrogen-bond acceptors (Lipinski definition) is 3. The molecule has 1 aromatic carbocycles. The second-order valence-electron chi connectivity index (χ2n) is 5.64. The van der Waals surface area contributed by atoms with Gasteiger partial charge in [0, 0.05) is 25.8 Å². The minimum Gasteiger partial charge on any atom is -0.494 e. The third kappa shape index (κ3) is 4.66. The van der Waals surface area contributed by atoms with Gasteiger partial charge in [0.05, 0.1) is 12.0 Å². The van der Waals surface area contributed by atoms with Crippen LogP contribution in [0.3, 0.4) is 0 Å². The van der Waals surface area contributed by atoms with Crippen LogP contribution in [0.5, 0.6) is 5.75 Å². The highest BCUT2D eigenvalue weighted by atomic mass is 16.5. The molecule has 4 heteroatoms. The Bertz CT molecular complexity index is 453. The van der Waals surface area contributed by atoms with Gasteiger partial charge in [0.15, 0.2) is 0 Å². The summed E-state index contributed by atoms with van der Waals surface area (Å²) in [6, 6.07) is 7.90. The molecule has 1 N–H and O–H groups in total. The Hall–Kier alpha value is -1.71. The molecule has 0 aromatic heterocycles. The Balaban J connectivity index is 2.50. The van der Waals surface area contributed by atoms with Crippen molar-refractivity contribution in [3.63, 3.8) is 0 Å². The Labute approximate surface area is 127 Å². The highest BCUT2D eigenvalue weighted by Crippen LogP contribution is 2.32. The molecule has 0 radical (unpaired) electrons. The number of carboxylic acids is 1. The van der Waals surface area contributed by atoms with E-state index in [1.54, 1.807) is 0 Å². The second-order valence-corrected chi connectivity index (χ2v) is 5.64. The van der Waals surface area contributed by atoms with Crippen LogP contribution in [0.4, 0.5) is 5.69 Å². The molecule has 0 aliphatic heterocycles. The molecule has 0 amide bonds. The van der Waals surface area contributed by atoms with Crippen molar-refractivity contribution in [1.29, 1.82) is 0 Å². The first-order valence-corrected chi connectivity index (χ1v) is 7.58. The van der Waals surface area contributed by atoms with Crippen LogP contribution in [0, 0.1) is 5.41 Å². The van der Waals surface area contributed by atoms with E-state index in [1.165, 1.54) is 0 Å². The van der Waals surface area contributed by atoms with Crippen molar-refractivity contribution in [3.05, 3.63) is 24.3 Å². The van der Waals surface area contributed by atoms with Gasteiger partial charge in [-0.25, -0.2) is 0 Å². The van der Waals surface area contributed by atoms with Crippen LogP contribution in [0.2, 0.25) is 0 Å². The molecule has 0 bridgehead atoms. The lowest BCUT2D eigenvalue weighted by Crippen LogP contribution is -2.30. The molecule has 0 heterocycles. The van der Waals surface area contributed by atoms with Crippen LogP contribution in [0.15, 0.2) is 24.3 Å². The van der Waals surface area contributed by atoms with Gasteiger partial charge in [0.25, 0.3) is 0 Å². The molecule has 0 spiro atoms. The first-order chi connectivity index (χ1) is 9.95. The van der Waals surface area contributed by atoms with Crippen molar-refractivity contribution < 1.29 is 14.6 Å². The number of hydrogen-bond donors (Lipinski definition) is 1. The second kappa shape index (κ2) is 7.91. The summed E-state index contributed by atoms with van der Waals surface area (Å²) in [6.07, 6.45) is 2.73. The molecule has 0 saturated heterocycles. The molecular formula is C17H27NO3. The Morgan fingerprint density at radius 3 is 2.48 bits per heavy atom. The lowest BCUT2D eigenvalue weighted by molar-refractivity contribution is -0.150. The highest BCUT2D eigenvalue weighted by molar-refractivity contribution is 5.74.